The number of fused-ring (bicyclic) bond motifs is 1. The average molecular weight is 265 g/mol. The quantitative estimate of drug-likeness (QED) is 0.735. The SMILES string of the molecule is CC(C)(C)[Si](C)(C)Oc1ccc2ncsc2c1. The van der Waals surface area contributed by atoms with Gasteiger partial charge in [-0.1, -0.05) is 20.8 Å². The van der Waals surface area contributed by atoms with Crippen LogP contribution in [0.25, 0.3) is 10.2 Å². The van der Waals surface area contributed by atoms with Gasteiger partial charge in [-0.05, 0) is 36.3 Å². The third kappa shape index (κ3) is 2.53. The van der Waals surface area contributed by atoms with E-state index in [0.717, 1.165) is 11.3 Å². The van der Waals surface area contributed by atoms with Gasteiger partial charge in [0.15, 0.2) is 0 Å². The minimum atomic E-state index is -1.73. The maximum absolute atomic E-state index is 6.26. The van der Waals surface area contributed by atoms with Crippen molar-refractivity contribution in [2.75, 3.05) is 0 Å². The minimum absolute atomic E-state index is 0.232. The summed E-state index contributed by atoms with van der Waals surface area (Å²) in [6.07, 6.45) is 0. The van der Waals surface area contributed by atoms with Crippen LogP contribution in [-0.2, 0) is 0 Å². The van der Waals surface area contributed by atoms with E-state index in [1.165, 1.54) is 4.70 Å². The van der Waals surface area contributed by atoms with E-state index in [0.29, 0.717) is 0 Å². The second kappa shape index (κ2) is 4.10. The highest BCUT2D eigenvalue weighted by molar-refractivity contribution is 7.16. The van der Waals surface area contributed by atoms with E-state index in [-0.39, 0.29) is 5.04 Å². The van der Waals surface area contributed by atoms with Crippen LogP contribution in [0, 0.1) is 0 Å². The summed E-state index contributed by atoms with van der Waals surface area (Å²) in [4.78, 5) is 4.28. The summed E-state index contributed by atoms with van der Waals surface area (Å²) < 4.78 is 7.46. The molecule has 2 aromatic rings. The van der Waals surface area contributed by atoms with Crippen molar-refractivity contribution in [3.05, 3.63) is 23.7 Å². The van der Waals surface area contributed by atoms with Gasteiger partial charge in [-0.15, -0.1) is 11.3 Å². The van der Waals surface area contributed by atoms with Crippen LogP contribution in [0.4, 0.5) is 0 Å². The summed E-state index contributed by atoms with van der Waals surface area (Å²) >= 11 is 1.66. The number of rotatable bonds is 2. The molecule has 0 unspecified atom stereocenters. The lowest BCUT2D eigenvalue weighted by Gasteiger charge is -2.36. The van der Waals surface area contributed by atoms with Crippen LogP contribution in [0.2, 0.25) is 18.1 Å². The van der Waals surface area contributed by atoms with Crippen LogP contribution in [0.15, 0.2) is 23.7 Å². The first-order chi connectivity index (χ1) is 7.79. The number of hydrogen-bond acceptors (Lipinski definition) is 3. The molecule has 0 aliphatic carbocycles. The second-order valence-electron chi connectivity index (χ2n) is 5.84. The van der Waals surface area contributed by atoms with Crippen LogP contribution < -0.4 is 4.43 Å². The Hall–Kier alpha value is -0.873. The smallest absolute Gasteiger partial charge is 0.250 e. The molecular weight excluding hydrogens is 246 g/mol. The van der Waals surface area contributed by atoms with E-state index in [1.807, 2.05) is 17.6 Å². The average Bonchev–Trinajstić information content (AvgIpc) is 2.62. The monoisotopic (exact) mass is 265 g/mol. The predicted molar refractivity (Wildman–Crippen MR) is 77.4 cm³/mol. The van der Waals surface area contributed by atoms with Crippen molar-refractivity contribution in [3.63, 3.8) is 0 Å². The van der Waals surface area contributed by atoms with Crippen LogP contribution in [0.5, 0.6) is 5.75 Å². The summed E-state index contributed by atoms with van der Waals surface area (Å²) in [5.41, 5.74) is 2.93. The Kier molecular flexibility index (Phi) is 3.04. The Morgan fingerprint density at radius 3 is 2.59 bits per heavy atom. The highest BCUT2D eigenvalue weighted by Crippen LogP contribution is 2.38. The maximum atomic E-state index is 6.26. The van der Waals surface area contributed by atoms with Gasteiger partial charge in [-0.3, -0.25) is 0 Å². The topological polar surface area (TPSA) is 22.1 Å². The van der Waals surface area contributed by atoms with E-state index in [1.54, 1.807) is 11.3 Å². The minimum Gasteiger partial charge on any atom is -0.543 e. The van der Waals surface area contributed by atoms with Crippen LogP contribution in [0.1, 0.15) is 20.8 Å². The molecular formula is C13H19NOSSi. The van der Waals surface area contributed by atoms with E-state index < -0.39 is 8.32 Å². The molecule has 0 saturated carbocycles. The molecule has 0 aliphatic rings. The molecule has 0 aliphatic heterocycles. The maximum Gasteiger partial charge on any atom is 0.250 e. The Morgan fingerprint density at radius 2 is 1.94 bits per heavy atom. The number of benzene rings is 1. The molecule has 0 saturated heterocycles. The van der Waals surface area contributed by atoms with Crippen molar-refractivity contribution in [1.82, 2.24) is 4.98 Å². The van der Waals surface area contributed by atoms with Crippen molar-refractivity contribution in [3.8, 4) is 5.75 Å². The van der Waals surface area contributed by atoms with E-state index in [9.17, 15) is 0 Å². The van der Waals surface area contributed by atoms with Gasteiger partial charge in [0.05, 0.1) is 15.7 Å². The Bertz CT molecular complexity index is 527. The molecule has 2 rings (SSSR count). The molecule has 17 heavy (non-hydrogen) atoms. The van der Waals surface area contributed by atoms with Gasteiger partial charge in [0.25, 0.3) is 0 Å². The fourth-order valence-corrected chi connectivity index (χ4v) is 3.07. The van der Waals surface area contributed by atoms with Crippen LogP contribution >= 0.6 is 11.3 Å². The number of aromatic nitrogens is 1. The van der Waals surface area contributed by atoms with Gasteiger partial charge in [0.2, 0.25) is 8.32 Å². The van der Waals surface area contributed by atoms with Gasteiger partial charge in [-0.25, -0.2) is 4.98 Å². The van der Waals surface area contributed by atoms with E-state index in [2.05, 4.69) is 44.9 Å². The molecule has 1 aromatic heterocycles. The first-order valence-corrected chi connectivity index (χ1v) is 9.61. The predicted octanol–water partition coefficient (Wildman–Crippen LogP) is 4.68. The van der Waals surface area contributed by atoms with Crippen molar-refractivity contribution in [2.24, 2.45) is 0 Å². The zero-order valence-corrected chi connectivity index (χ0v) is 12.9. The molecule has 0 atom stereocenters. The van der Waals surface area contributed by atoms with Gasteiger partial charge >= 0.3 is 0 Å². The summed E-state index contributed by atoms with van der Waals surface area (Å²) in [6.45, 7) is 11.3. The first-order valence-electron chi connectivity index (χ1n) is 5.82. The molecule has 0 bridgehead atoms. The van der Waals surface area contributed by atoms with Crippen molar-refractivity contribution < 1.29 is 4.43 Å². The Morgan fingerprint density at radius 1 is 1.24 bits per heavy atom. The Labute approximate surface area is 108 Å². The Balaban J connectivity index is 2.29. The lowest BCUT2D eigenvalue weighted by atomic mass is 10.2. The largest absolute Gasteiger partial charge is 0.543 e. The summed E-state index contributed by atoms with van der Waals surface area (Å²) in [6, 6.07) is 6.17. The summed E-state index contributed by atoms with van der Waals surface area (Å²) in [5, 5.41) is 0.232. The number of hydrogen-bond donors (Lipinski definition) is 0. The molecule has 0 fully saturated rings. The first kappa shape index (κ1) is 12.6. The fourth-order valence-electron chi connectivity index (χ4n) is 1.35. The number of thiazole rings is 1. The van der Waals surface area contributed by atoms with Gasteiger partial charge in [0, 0.05) is 0 Å². The van der Waals surface area contributed by atoms with Gasteiger partial charge < -0.3 is 4.43 Å². The standard InChI is InChI=1S/C13H19NOSSi/c1-13(2,3)17(4,5)15-10-6-7-11-12(8-10)16-9-14-11/h6-9H,1-5H3. The summed E-state index contributed by atoms with van der Waals surface area (Å²) in [7, 11) is -1.73. The molecule has 0 spiro atoms. The van der Waals surface area contributed by atoms with Gasteiger partial charge in [-0.2, -0.15) is 0 Å². The van der Waals surface area contributed by atoms with Gasteiger partial charge in [0.1, 0.15) is 5.75 Å². The molecule has 1 aromatic carbocycles. The van der Waals surface area contributed by atoms with E-state index >= 15 is 0 Å². The second-order valence-corrected chi connectivity index (χ2v) is 11.5. The molecule has 0 radical (unpaired) electrons. The van der Waals surface area contributed by atoms with Crippen LogP contribution in [0.3, 0.4) is 0 Å². The lowest BCUT2D eigenvalue weighted by Crippen LogP contribution is -2.43. The molecule has 0 N–H and O–H groups in total. The zero-order chi connectivity index (χ0) is 12.7. The van der Waals surface area contributed by atoms with Crippen molar-refractivity contribution >= 4 is 29.9 Å². The molecule has 0 amide bonds. The third-order valence-corrected chi connectivity index (χ3v) is 8.63. The molecule has 2 nitrogen and oxygen atoms in total. The highest BCUT2D eigenvalue weighted by atomic mass is 32.1. The fraction of sp³-hybridized carbons (Fsp3) is 0.462. The molecule has 4 heteroatoms. The summed E-state index contributed by atoms with van der Waals surface area (Å²) in [5.74, 6) is 0.980. The normalized spacial score (nSPS) is 13.0. The van der Waals surface area contributed by atoms with Crippen molar-refractivity contribution in [2.45, 2.75) is 38.9 Å². The third-order valence-electron chi connectivity index (χ3n) is 3.48. The van der Waals surface area contributed by atoms with Crippen LogP contribution in [-0.4, -0.2) is 13.3 Å². The van der Waals surface area contributed by atoms with Crippen molar-refractivity contribution in [1.29, 1.82) is 0 Å². The highest BCUT2D eigenvalue weighted by Gasteiger charge is 2.38. The zero-order valence-electron chi connectivity index (χ0n) is 11.1. The van der Waals surface area contributed by atoms with E-state index in [4.69, 9.17) is 4.43 Å². The molecule has 1 heterocycles. The number of nitrogens with zero attached hydrogens (tertiary/aromatic N) is 1. The molecule has 92 valence electrons. The lowest BCUT2D eigenvalue weighted by molar-refractivity contribution is 0.493.